The van der Waals surface area contributed by atoms with Gasteiger partial charge in [0.2, 0.25) is 0 Å². The standard InChI is InChI=1S/C16H10F2N2O2S/c17-10-3-6-12(13(18)7-10)14-8-23-16(20-14)19-11-4-1-9(2-5-11)15(21)22/h1-8H,(H,19,20)(H,21,22). The van der Waals surface area contributed by atoms with Crippen LogP contribution in [0.15, 0.2) is 47.8 Å². The van der Waals surface area contributed by atoms with Crippen LogP contribution in [-0.4, -0.2) is 16.1 Å². The summed E-state index contributed by atoms with van der Waals surface area (Å²) in [7, 11) is 0. The molecule has 116 valence electrons. The Balaban J connectivity index is 1.80. The molecule has 0 saturated carbocycles. The van der Waals surface area contributed by atoms with Crippen LogP contribution in [-0.2, 0) is 0 Å². The lowest BCUT2D eigenvalue weighted by molar-refractivity contribution is 0.0697. The zero-order valence-corrected chi connectivity index (χ0v) is 12.4. The molecule has 4 nitrogen and oxygen atoms in total. The summed E-state index contributed by atoms with van der Waals surface area (Å²) in [6, 6.07) is 9.50. The van der Waals surface area contributed by atoms with Gasteiger partial charge >= 0.3 is 5.97 Å². The molecule has 0 saturated heterocycles. The molecule has 0 aliphatic carbocycles. The molecule has 23 heavy (non-hydrogen) atoms. The van der Waals surface area contributed by atoms with E-state index in [2.05, 4.69) is 10.3 Å². The maximum Gasteiger partial charge on any atom is 0.335 e. The molecule has 0 aliphatic heterocycles. The number of hydrogen-bond acceptors (Lipinski definition) is 4. The summed E-state index contributed by atoms with van der Waals surface area (Å²) in [5.41, 5.74) is 1.47. The maximum atomic E-state index is 13.7. The number of aromatic nitrogens is 1. The molecule has 2 aromatic carbocycles. The molecule has 0 aliphatic rings. The number of anilines is 2. The van der Waals surface area contributed by atoms with Crippen LogP contribution in [0.4, 0.5) is 19.6 Å². The molecular formula is C16H10F2N2O2S. The Labute approximate surface area is 134 Å². The average Bonchev–Trinajstić information content (AvgIpc) is 2.96. The fraction of sp³-hybridized carbons (Fsp3) is 0. The monoisotopic (exact) mass is 332 g/mol. The number of carboxylic acids is 1. The summed E-state index contributed by atoms with van der Waals surface area (Å²) in [6.45, 7) is 0. The molecule has 1 heterocycles. The third kappa shape index (κ3) is 3.35. The number of nitrogens with zero attached hydrogens (tertiary/aromatic N) is 1. The largest absolute Gasteiger partial charge is 0.478 e. The SMILES string of the molecule is O=C(O)c1ccc(Nc2nc(-c3ccc(F)cc3F)cs2)cc1. The van der Waals surface area contributed by atoms with Crippen molar-refractivity contribution in [2.24, 2.45) is 0 Å². The Morgan fingerprint density at radius 2 is 1.87 bits per heavy atom. The maximum absolute atomic E-state index is 13.7. The van der Waals surface area contributed by atoms with E-state index >= 15 is 0 Å². The van der Waals surface area contributed by atoms with Gasteiger partial charge < -0.3 is 10.4 Å². The Kier molecular flexibility index (Phi) is 4.03. The molecule has 0 unspecified atom stereocenters. The van der Waals surface area contributed by atoms with Gasteiger partial charge in [0.1, 0.15) is 11.6 Å². The number of thiazole rings is 1. The number of aromatic carboxylic acids is 1. The average molecular weight is 332 g/mol. The van der Waals surface area contributed by atoms with E-state index in [1.165, 1.54) is 35.6 Å². The zero-order valence-electron chi connectivity index (χ0n) is 11.6. The van der Waals surface area contributed by atoms with Gasteiger partial charge in [-0.3, -0.25) is 0 Å². The Morgan fingerprint density at radius 1 is 1.13 bits per heavy atom. The third-order valence-corrected chi connectivity index (χ3v) is 3.85. The van der Waals surface area contributed by atoms with Gasteiger partial charge in [-0.05, 0) is 36.4 Å². The van der Waals surface area contributed by atoms with Gasteiger partial charge in [-0.15, -0.1) is 11.3 Å². The number of hydrogen-bond donors (Lipinski definition) is 2. The molecule has 3 rings (SSSR count). The summed E-state index contributed by atoms with van der Waals surface area (Å²) in [6.07, 6.45) is 0. The van der Waals surface area contributed by atoms with Crippen LogP contribution >= 0.6 is 11.3 Å². The number of rotatable bonds is 4. The van der Waals surface area contributed by atoms with Crippen LogP contribution in [0.3, 0.4) is 0 Å². The van der Waals surface area contributed by atoms with Gasteiger partial charge in [0.05, 0.1) is 11.3 Å². The summed E-state index contributed by atoms with van der Waals surface area (Å²) >= 11 is 1.26. The van der Waals surface area contributed by atoms with Crippen LogP contribution in [0.5, 0.6) is 0 Å². The van der Waals surface area contributed by atoms with Crippen LogP contribution in [0.25, 0.3) is 11.3 Å². The van der Waals surface area contributed by atoms with Crippen LogP contribution in [0.2, 0.25) is 0 Å². The van der Waals surface area contributed by atoms with Crippen molar-refractivity contribution < 1.29 is 18.7 Å². The highest BCUT2D eigenvalue weighted by atomic mass is 32.1. The lowest BCUT2D eigenvalue weighted by Crippen LogP contribution is -1.96. The number of halogens is 2. The molecule has 0 spiro atoms. The number of nitrogens with one attached hydrogen (secondary N) is 1. The van der Waals surface area contributed by atoms with E-state index < -0.39 is 17.6 Å². The molecule has 1 aromatic heterocycles. The molecule has 0 atom stereocenters. The van der Waals surface area contributed by atoms with E-state index in [0.717, 1.165) is 6.07 Å². The van der Waals surface area contributed by atoms with E-state index in [1.54, 1.807) is 17.5 Å². The van der Waals surface area contributed by atoms with E-state index in [-0.39, 0.29) is 11.1 Å². The van der Waals surface area contributed by atoms with Gasteiger partial charge in [0.25, 0.3) is 0 Å². The second-order valence-electron chi connectivity index (χ2n) is 4.67. The van der Waals surface area contributed by atoms with E-state index in [0.29, 0.717) is 16.5 Å². The Morgan fingerprint density at radius 3 is 2.52 bits per heavy atom. The van der Waals surface area contributed by atoms with Crippen molar-refractivity contribution in [2.75, 3.05) is 5.32 Å². The fourth-order valence-electron chi connectivity index (χ4n) is 1.97. The van der Waals surface area contributed by atoms with Crippen molar-refractivity contribution in [3.8, 4) is 11.3 Å². The molecule has 3 aromatic rings. The summed E-state index contributed by atoms with van der Waals surface area (Å²) < 4.78 is 26.7. The van der Waals surface area contributed by atoms with Gasteiger partial charge in [-0.1, -0.05) is 0 Å². The normalized spacial score (nSPS) is 10.5. The van der Waals surface area contributed by atoms with Crippen molar-refractivity contribution in [3.63, 3.8) is 0 Å². The second-order valence-corrected chi connectivity index (χ2v) is 5.53. The summed E-state index contributed by atoms with van der Waals surface area (Å²) in [4.78, 5) is 15.0. The van der Waals surface area contributed by atoms with Gasteiger partial charge in [-0.25, -0.2) is 18.6 Å². The quantitative estimate of drug-likeness (QED) is 0.737. The molecule has 0 bridgehead atoms. The minimum Gasteiger partial charge on any atom is -0.478 e. The lowest BCUT2D eigenvalue weighted by atomic mass is 10.1. The number of carboxylic acid groups (broad SMARTS) is 1. The van der Waals surface area contributed by atoms with Crippen molar-refractivity contribution in [3.05, 3.63) is 65.0 Å². The van der Waals surface area contributed by atoms with Crippen LogP contribution in [0, 0.1) is 11.6 Å². The van der Waals surface area contributed by atoms with Gasteiger partial charge in [-0.2, -0.15) is 0 Å². The summed E-state index contributed by atoms with van der Waals surface area (Å²) in [5, 5.41) is 14.0. The first-order valence-electron chi connectivity index (χ1n) is 6.54. The van der Waals surface area contributed by atoms with Crippen LogP contribution in [0.1, 0.15) is 10.4 Å². The van der Waals surface area contributed by atoms with E-state index in [1.807, 2.05) is 0 Å². The first-order valence-corrected chi connectivity index (χ1v) is 7.42. The predicted molar refractivity (Wildman–Crippen MR) is 84.2 cm³/mol. The highest BCUT2D eigenvalue weighted by Gasteiger charge is 2.11. The minimum atomic E-state index is -1.00. The topological polar surface area (TPSA) is 62.2 Å². The predicted octanol–water partition coefficient (Wildman–Crippen LogP) is 4.53. The molecule has 2 N–H and O–H groups in total. The van der Waals surface area contributed by atoms with Crippen molar-refractivity contribution >= 4 is 28.1 Å². The molecular weight excluding hydrogens is 322 g/mol. The molecule has 0 radical (unpaired) electrons. The van der Waals surface area contributed by atoms with Crippen LogP contribution < -0.4 is 5.32 Å². The third-order valence-electron chi connectivity index (χ3n) is 3.09. The smallest absolute Gasteiger partial charge is 0.335 e. The Hall–Kier alpha value is -2.80. The zero-order chi connectivity index (χ0) is 16.4. The van der Waals surface area contributed by atoms with Crippen molar-refractivity contribution in [2.45, 2.75) is 0 Å². The first kappa shape index (κ1) is 15.1. The highest BCUT2D eigenvalue weighted by Crippen LogP contribution is 2.29. The van der Waals surface area contributed by atoms with E-state index in [9.17, 15) is 13.6 Å². The van der Waals surface area contributed by atoms with Gasteiger partial charge in [0, 0.05) is 22.7 Å². The van der Waals surface area contributed by atoms with Crippen molar-refractivity contribution in [1.82, 2.24) is 4.98 Å². The van der Waals surface area contributed by atoms with E-state index in [4.69, 9.17) is 5.11 Å². The second kappa shape index (κ2) is 6.13. The first-order chi connectivity index (χ1) is 11.0. The molecule has 0 fully saturated rings. The lowest BCUT2D eigenvalue weighted by Gasteiger charge is -2.03. The number of benzene rings is 2. The van der Waals surface area contributed by atoms with Crippen molar-refractivity contribution in [1.29, 1.82) is 0 Å². The molecule has 0 amide bonds. The highest BCUT2D eigenvalue weighted by molar-refractivity contribution is 7.14. The molecule has 7 heteroatoms. The number of carbonyl (C=O) groups is 1. The van der Waals surface area contributed by atoms with Gasteiger partial charge in [0.15, 0.2) is 5.13 Å². The fourth-order valence-corrected chi connectivity index (χ4v) is 2.70. The minimum absolute atomic E-state index is 0.184. The summed E-state index contributed by atoms with van der Waals surface area (Å²) in [5.74, 6) is -2.31. The Bertz CT molecular complexity index is 863.